The van der Waals surface area contributed by atoms with Crippen LogP contribution in [0.3, 0.4) is 0 Å². The third-order valence-electron chi connectivity index (χ3n) is 3.10. The van der Waals surface area contributed by atoms with Gasteiger partial charge in [0.1, 0.15) is 0 Å². The number of carbonyl (C=O) groups excluding carboxylic acids is 1. The van der Waals surface area contributed by atoms with Gasteiger partial charge in [-0.15, -0.1) is 0 Å². The van der Waals surface area contributed by atoms with Crippen molar-refractivity contribution in [3.8, 4) is 11.5 Å². The molecule has 0 heterocycles. The van der Waals surface area contributed by atoms with Gasteiger partial charge in [-0.05, 0) is 30.7 Å². The SMILES string of the molecule is CC/C(=C\Oc1ccccc1OC)C(=O)Nc1ccccc1. The van der Waals surface area contributed by atoms with E-state index in [0.717, 1.165) is 5.69 Å². The van der Waals surface area contributed by atoms with E-state index in [0.29, 0.717) is 23.5 Å². The van der Waals surface area contributed by atoms with Crippen LogP contribution >= 0.6 is 0 Å². The molecule has 0 saturated carbocycles. The van der Waals surface area contributed by atoms with Crippen LogP contribution in [0.4, 0.5) is 5.69 Å². The molecule has 2 aromatic carbocycles. The summed E-state index contributed by atoms with van der Waals surface area (Å²) < 4.78 is 10.8. The van der Waals surface area contributed by atoms with Crippen LogP contribution in [-0.4, -0.2) is 13.0 Å². The van der Waals surface area contributed by atoms with Crippen molar-refractivity contribution in [3.05, 3.63) is 66.4 Å². The van der Waals surface area contributed by atoms with Gasteiger partial charge in [0.25, 0.3) is 5.91 Å². The fourth-order valence-electron chi connectivity index (χ4n) is 1.88. The van der Waals surface area contributed by atoms with Gasteiger partial charge in [-0.3, -0.25) is 4.79 Å². The summed E-state index contributed by atoms with van der Waals surface area (Å²) in [6, 6.07) is 16.6. The zero-order valence-electron chi connectivity index (χ0n) is 12.7. The highest BCUT2D eigenvalue weighted by molar-refractivity contribution is 6.03. The maximum Gasteiger partial charge on any atom is 0.254 e. The molecular formula is C18H19NO3. The summed E-state index contributed by atoms with van der Waals surface area (Å²) in [5.41, 5.74) is 1.30. The molecule has 0 radical (unpaired) electrons. The molecule has 0 unspecified atom stereocenters. The number of benzene rings is 2. The van der Waals surface area contributed by atoms with E-state index in [4.69, 9.17) is 9.47 Å². The number of carbonyl (C=O) groups is 1. The second-order valence-electron chi connectivity index (χ2n) is 4.59. The Labute approximate surface area is 130 Å². The standard InChI is InChI=1S/C18H19NO3/c1-3-14(18(20)19-15-9-5-4-6-10-15)13-22-17-12-8-7-11-16(17)21-2/h4-13H,3H2,1-2H3,(H,19,20)/b14-13+. The molecule has 2 rings (SSSR count). The third kappa shape index (κ3) is 4.12. The molecular weight excluding hydrogens is 278 g/mol. The summed E-state index contributed by atoms with van der Waals surface area (Å²) in [5, 5.41) is 2.84. The number of hydrogen-bond donors (Lipinski definition) is 1. The van der Waals surface area contributed by atoms with Crippen molar-refractivity contribution < 1.29 is 14.3 Å². The van der Waals surface area contributed by atoms with Crippen LogP contribution < -0.4 is 14.8 Å². The van der Waals surface area contributed by atoms with Gasteiger partial charge in [-0.2, -0.15) is 0 Å². The van der Waals surface area contributed by atoms with Gasteiger partial charge in [-0.1, -0.05) is 37.3 Å². The number of nitrogens with one attached hydrogen (secondary N) is 1. The van der Waals surface area contributed by atoms with Gasteiger partial charge in [0, 0.05) is 5.69 Å². The monoisotopic (exact) mass is 297 g/mol. The summed E-state index contributed by atoms with van der Waals surface area (Å²) in [7, 11) is 1.58. The largest absolute Gasteiger partial charge is 0.493 e. The van der Waals surface area contributed by atoms with Crippen molar-refractivity contribution in [2.45, 2.75) is 13.3 Å². The number of amides is 1. The van der Waals surface area contributed by atoms with Gasteiger partial charge in [0.2, 0.25) is 0 Å². The molecule has 0 spiro atoms. The molecule has 0 bridgehead atoms. The summed E-state index contributed by atoms with van der Waals surface area (Å²) in [6.07, 6.45) is 2.03. The van der Waals surface area contributed by atoms with E-state index in [9.17, 15) is 4.79 Å². The first kappa shape index (κ1) is 15.6. The average Bonchev–Trinajstić information content (AvgIpc) is 2.56. The van der Waals surface area contributed by atoms with E-state index in [1.165, 1.54) is 6.26 Å². The first-order valence-electron chi connectivity index (χ1n) is 7.09. The third-order valence-corrected chi connectivity index (χ3v) is 3.10. The Morgan fingerprint density at radius 1 is 1.05 bits per heavy atom. The minimum absolute atomic E-state index is 0.177. The lowest BCUT2D eigenvalue weighted by Gasteiger charge is -2.09. The highest BCUT2D eigenvalue weighted by atomic mass is 16.5. The minimum Gasteiger partial charge on any atom is -0.493 e. The number of rotatable bonds is 6. The van der Waals surface area contributed by atoms with Crippen LogP contribution in [0.15, 0.2) is 66.4 Å². The van der Waals surface area contributed by atoms with Crippen molar-refractivity contribution in [1.29, 1.82) is 0 Å². The maximum absolute atomic E-state index is 12.2. The predicted molar refractivity (Wildman–Crippen MR) is 87.1 cm³/mol. The van der Waals surface area contributed by atoms with E-state index in [-0.39, 0.29) is 5.91 Å². The number of para-hydroxylation sites is 3. The summed E-state index contributed by atoms with van der Waals surface area (Å²) in [5.74, 6) is 1.02. The van der Waals surface area contributed by atoms with E-state index < -0.39 is 0 Å². The van der Waals surface area contributed by atoms with Crippen molar-refractivity contribution in [2.75, 3.05) is 12.4 Å². The lowest BCUT2D eigenvalue weighted by Crippen LogP contribution is -2.14. The van der Waals surface area contributed by atoms with Gasteiger partial charge < -0.3 is 14.8 Å². The summed E-state index contributed by atoms with van der Waals surface area (Å²) in [6.45, 7) is 1.90. The Kier molecular flexibility index (Phi) is 5.60. The molecule has 1 amide bonds. The summed E-state index contributed by atoms with van der Waals surface area (Å²) in [4.78, 5) is 12.2. The van der Waals surface area contributed by atoms with Crippen LogP contribution in [0.1, 0.15) is 13.3 Å². The number of hydrogen-bond acceptors (Lipinski definition) is 3. The first-order chi connectivity index (χ1) is 10.7. The average molecular weight is 297 g/mol. The zero-order chi connectivity index (χ0) is 15.8. The lowest BCUT2D eigenvalue weighted by atomic mass is 10.2. The van der Waals surface area contributed by atoms with E-state index >= 15 is 0 Å². The highest BCUT2D eigenvalue weighted by Gasteiger charge is 2.09. The van der Waals surface area contributed by atoms with E-state index in [2.05, 4.69) is 5.32 Å². The number of ether oxygens (including phenoxy) is 2. The molecule has 4 nitrogen and oxygen atoms in total. The summed E-state index contributed by atoms with van der Waals surface area (Å²) >= 11 is 0. The van der Waals surface area contributed by atoms with Crippen molar-refractivity contribution >= 4 is 11.6 Å². The molecule has 1 N–H and O–H groups in total. The Bertz CT molecular complexity index is 650. The minimum atomic E-state index is -0.177. The number of methoxy groups -OCH3 is 1. The van der Waals surface area contributed by atoms with E-state index in [1.54, 1.807) is 19.2 Å². The molecule has 0 fully saturated rings. The zero-order valence-corrected chi connectivity index (χ0v) is 12.7. The Hall–Kier alpha value is -2.75. The van der Waals surface area contributed by atoms with Crippen molar-refractivity contribution in [2.24, 2.45) is 0 Å². The van der Waals surface area contributed by atoms with Gasteiger partial charge in [0.05, 0.1) is 18.9 Å². The molecule has 2 aromatic rings. The van der Waals surface area contributed by atoms with Crippen LogP contribution in [0.5, 0.6) is 11.5 Å². The molecule has 0 aliphatic rings. The van der Waals surface area contributed by atoms with Crippen LogP contribution in [-0.2, 0) is 4.79 Å². The molecule has 0 aliphatic heterocycles. The van der Waals surface area contributed by atoms with Crippen LogP contribution in [0.2, 0.25) is 0 Å². The topological polar surface area (TPSA) is 47.6 Å². The van der Waals surface area contributed by atoms with Gasteiger partial charge in [-0.25, -0.2) is 0 Å². The molecule has 22 heavy (non-hydrogen) atoms. The number of anilines is 1. The molecule has 4 heteroatoms. The fourth-order valence-corrected chi connectivity index (χ4v) is 1.88. The Morgan fingerprint density at radius 2 is 1.68 bits per heavy atom. The fraction of sp³-hybridized carbons (Fsp3) is 0.167. The predicted octanol–water partition coefficient (Wildman–Crippen LogP) is 4.01. The quantitative estimate of drug-likeness (QED) is 0.647. The van der Waals surface area contributed by atoms with Crippen LogP contribution in [0.25, 0.3) is 0 Å². The molecule has 114 valence electrons. The van der Waals surface area contributed by atoms with Gasteiger partial charge in [0.15, 0.2) is 11.5 Å². The van der Waals surface area contributed by atoms with Crippen LogP contribution in [0, 0.1) is 0 Å². The molecule has 0 saturated heterocycles. The highest BCUT2D eigenvalue weighted by Crippen LogP contribution is 2.26. The lowest BCUT2D eigenvalue weighted by molar-refractivity contribution is -0.113. The maximum atomic E-state index is 12.2. The van der Waals surface area contributed by atoms with Gasteiger partial charge >= 0.3 is 0 Å². The molecule has 0 aliphatic carbocycles. The van der Waals surface area contributed by atoms with Crippen molar-refractivity contribution in [1.82, 2.24) is 0 Å². The Balaban J connectivity index is 2.08. The second-order valence-corrected chi connectivity index (χ2v) is 4.59. The normalized spacial score (nSPS) is 10.9. The van der Waals surface area contributed by atoms with E-state index in [1.807, 2.05) is 49.4 Å². The second kappa shape index (κ2) is 7.88. The molecule has 0 atom stereocenters. The first-order valence-corrected chi connectivity index (χ1v) is 7.09. The smallest absolute Gasteiger partial charge is 0.254 e. The van der Waals surface area contributed by atoms with Crippen molar-refractivity contribution in [3.63, 3.8) is 0 Å². The Morgan fingerprint density at radius 3 is 2.32 bits per heavy atom. The molecule has 0 aromatic heterocycles.